The van der Waals surface area contributed by atoms with Crippen molar-refractivity contribution in [2.45, 2.75) is 31.3 Å². The highest BCUT2D eigenvalue weighted by Gasteiger charge is 2.63. The van der Waals surface area contributed by atoms with Crippen molar-refractivity contribution >= 4 is 17.9 Å². The first-order chi connectivity index (χ1) is 14.3. The lowest BCUT2D eigenvalue weighted by molar-refractivity contribution is -0.188. The second-order valence-electron chi connectivity index (χ2n) is 6.43. The van der Waals surface area contributed by atoms with Crippen LogP contribution in [0.1, 0.15) is 27.6 Å². The van der Waals surface area contributed by atoms with Gasteiger partial charge in [0.1, 0.15) is 6.61 Å². The molecule has 1 aliphatic heterocycles. The van der Waals surface area contributed by atoms with Gasteiger partial charge in [0.25, 0.3) is 0 Å². The van der Waals surface area contributed by atoms with Gasteiger partial charge < -0.3 is 18.9 Å². The van der Waals surface area contributed by atoms with E-state index < -0.39 is 48.9 Å². The molecule has 7 nitrogen and oxygen atoms in total. The predicted octanol–water partition coefficient (Wildman–Crippen LogP) is 2.99. The third kappa shape index (κ3) is 4.80. The van der Waals surface area contributed by atoms with Crippen LogP contribution in [0.25, 0.3) is 0 Å². The summed E-state index contributed by atoms with van der Waals surface area (Å²) in [5, 5.41) is 0. The molecule has 30 heavy (non-hydrogen) atoms. The number of hydrogen-bond acceptors (Lipinski definition) is 7. The number of benzene rings is 2. The quantitative estimate of drug-likeness (QED) is 0.524. The fraction of sp³-hybridized carbons (Fsp3) is 0.286. The summed E-state index contributed by atoms with van der Waals surface area (Å²) >= 11 is 0. The van der Waals surface area contributed by atoms with Crippen LogP contribution in [0.2, 0.25) is 0 Å². The van der Waals surface area contributed by atoms with Crippen LogP contribution < -0.4 is 0 Å². The maximum absolute atomic E-state index is 14.9. The third-order valence-corrected chi connectivity index (χ3v) is 4.26. The fourth-order valence-electron chi connectivity index (χ4n) is 2.79. The number of carbonyl (C=O) groups is 3. The highest BCUT2D eigenvalue weighted by Crippen LogP contribution is 2.39. The van der Waals surface area contributed by atoms with Gasteiger partial charge >= 0.3 is 23.8 Å². The number of halogens is 2. The van der Waals surface area contributed by atoms with Crippen LogP contribution in [0.5, 0.6) is 0 Å². The first kappa shape index (κ1) is 21.4. The van der Waals surface area contributed by atoms with Gasteiger partial charge in [0, 0.05) is 6.92 Å². The smallest absolute Gasteiger partial charge is 0.338 e. The molecule has 158 valence electrons. The molecule has 1 saturated heterocycles. The molecule has 0 N–H and O–H groups in total. The molecule has 2 aromatic rings. The SMILES string of the molecule is CC(=O)O[C@H]1O[C@@H](COC(=O)c2ccccc2)C(F)(F)[C@@H]1OC(=O)c1ccccc1. The lowest BCUT2D eigenvalue weighted by Gasteiger charge is -2.23. The standard InChI is InChI=1S/C21H18F2O7/c1-13(24)28-20-17(30-19(26)15-10-6-3-7-11-15)21(22,23)16(29-20)12-27-18(25)14-8-4-2-5-9-14/h2-11,16-17,20H,12H2,1H3/t16-,17+,20-/m0/s1. The number of ether oxygens (including phenoxy) is 4. The van der Waals surface area contributed by atoms with Gasteiger partial charge in [0.05, 0.1) is 11.1 Å². The molecule has 0 bridgehead atoms. The van der Waals surface area contributed by atoms with Crippen LogP contribution in [0.4, 0.5) is 8.78 Å². The number of carbonyl (C=O) groups excluding carboxylic acids is 3. The molecule has 0 aliphatic carbocycles. The average molecular weight is 420 g/mol. The highest BCUT2D eigenvalue weighted by atomic mass is 19.3. The number of alkyl halides is 2. The molecule has 2 aromatic carbocycles. The summed E-state index contributed by atoms with van der Waals surface area (Å²) in [6.07, 6.45) is -6.05. The first-order valence-corrected chi connectivity index (χ1v) is 8.97. The Kier molecular flexibility index (Phi) is 6.41. The Morgan fingerprint density at radius 3 is 1.97 bits per heavy atom. The minimum absolute atomic E-state index is 0.0360. The monoisotopic (exact) mass is 420 g/mol. The van der Waals surface area contributed by atoms with Crippen molar-refractivity contribution in [3.63, 3.8) is 0 Å². The lowest BCUT2D eigenvalue weighted by Crippen LogP contribution is -2.45. The summed E-state index contributed by atoms with van der Waals surface area (Å²) in [5.74, 6) is -6.56. The Morgan fingerprint density at radius 2 is 1.43 bits per heavy atom. The van der Waals surface area contributed by atoms with Crippen molar-refractivity contribution in [3.05, 3.63) is 71.8 Å². The second kappa shape index (κ2) is 9.00. The largest absolute Gasteiger partial charge is 0.459 e. The Labute approximate surface area is 170 Å². The van der Waals surface area contributed by atoms with E-state index in [1.165, 1.54) is 36.4 Å². The second-order valence-corrected chi connectivity index (χ2v) is 6.43. The first-order valence-electron chi connectivity index (χ1n) is 8.97. The average Bonchev–Trinajstić information content (AvgIpc) is 2.96. The Bertz CT molecular complexity index is 902. The minimum Gasteiger partial charge on any atom is -0.459 e. The van der Waals surface area contributed by atoms with Gasteiger partial charge in [-0.15, -0.1) is 0 Å². The number of hydrogen-bond donors (Lipinski definition) is 0. The Balaban J connectivity index is 1.73. The van der Waals surface area contributed by atoms with Crippen molar-refractivity contribution in [3.8, 4) is 0 Å². The molecule has 9 heteroatoms. The van der Waals surface area contributed by atoms with Crippen LogP contribution in [-0.2, 0) is 23.7 Å². The van der Waals surface area contributed by atoms with Crippen molar-refractivity contribution in [1.82, 2.24) is 0 Å². The molecule has 0 aromatic heterocycles. The van der Waals surface area contributed by atoms with E-state index in [1.54, 1.807) is 24.3 Å². The number of rotatable bonds is 6. The summed E-state index contributed by atoms with van der Waals surface area (Å²) < 4.78 is 49.5. The van der Waals surface area contributed by atoms with E-state index in [2.05, 4.69) is 0 Å². The molecule has 0 spiro atoms. The van der Waals surface area contributed by atoms with Crippen molar-refractivity contribution in [2.24, 2.45) is 0 Å². The van der Waals surface area contributed by atoms with Gasteiger partial charge in [0.2, 0.25) is 12.4 Å². The van der Waals surface area contributed by atoms with E-state index >= 15 is 0 Å². The molecule has 1 fully saturated rings. The van der Waals surface area contributed by atoms with Gasteiger partial charge in [-0.3, -0.25) is 4.79 Å². The predicted molar refractivity (Wildman–Crippen MR) is 97.7 cm³/mol. The summed E-state index contributed by atoms with van der Waals surface area (Å²) in [6.45, 7) is 0.165. The summed E-state index contributed by atoms with van der Waals surface area (Å²) in [4.78, 5) is 35.6. The van der Waals surface area contributed by atoms with Gasteiger partial charge in [-0.1, -0.05) is 36.4 Å². The molecule has 0 amide bonds. The van der Waals surface area contributed by atoms with Gasteiger partial charge in [-0.05, 0) is 24.3 Å². The molecule has 1 aliphatic rings. The zero-order valence-electron chi connectivity index (χ0n) is 15.8. The Hall–Kier alpha value is -3.33. The zero-order valence-corrected chi connectivity index (χ0v) is 15.8. The number of esters is 3. The van der Waals surface area contributed by atoms with Gasteiger partial charge in [-0.2, -0.15) is 8.78 Å². The Morgan fingerprint density at radius 1 is 0.900 bits per heavy atom. The van der Waals surface area contributed by atoms with E-state index in [0.717, 1.165) is 6.92 Å². The fourth-order valence-corrected chi connectivity index (χ4v) is 2.79. The van der Waals surface area contributed by atoms with Crippen LogP contribution in [0.15, 0.2) is 60.7 Å². The van der Waals surface area contributed by atoms with E-state index in [4.69, 9.17) is 18.9 Å². The van der Waals surface area contributed by atoms with Crippen LogP contribution >= 0.6 is 0 Å². The van der Waals surface area contributed by atoms with Crippen molar-refractivity contribution in [2.75, 3.05) is 6.61 Å². The molecule has 0 radical (unpaired) electrons. The third-order valence-electron chi connectivity index (χ3n) is 4.26. The molecular weight excluding hydrogens is 402 g/mol. The van der Waals surface area contributed by atoms with Crippen molar-refractivity contribution < 1.29 is 42.1 Å². The normalized spacial score (nSPS) is 22.2. The minimum atomic E-state index is -3.79. The van der Waals surface area contributed by atoms with Gasteiger partial charge in [-0.25, -0.2) is 9.59 Å². The zero-order chi connectivity index (χ0) is 21.7. The topological polar surface area (TPSA) is 88.1 Å². The van der Waals surface area contributed by atoms with Crippen molar-refractivity contribution in [1.29, 1.82) is 0 Å². The molecule has 3 rings (SSSR count). The summed E-state index contributed by atoms with van der Waals surface area (Å²) in [5.41, 5.74) is 0.205. The van der Waals surface area contributed by atoms with Crippen LogP contribution in [-0.4, -0.2) is 48.9 Å². The van der Waals surface area contributed by atoms with Gasteiger partial charge in [0.15, 0.2) is 6.10 Å². The maximum atomic E-state index is 14.9. The summed E-state index contributed by atoms with van der Waals surface area (Å²) in [7, 11) is 0. The molecular formula is C21H18F2O7. The highest BCUT2D eigenvalue weighted by molar-refractivity contribution is 5.90. The molecule has 0 saturated carbocycles. The molecule has 3 atom stereocenters. The maximum Gasteiger partial charge on any atom is 0.338 e. The van der Waals surface area contributed by atoms with E-state index in [1.807, 2.05) is 0 Å². The van der Waals surface area contributed by atoms with Crippen LogP contribution in [0, 0.1) is 0 Å². The van der Waals surface area contributed by atoms with E-state index in [0.29, 0.717) is 0 Å². The van der Waals surface area contributed by atoms with E-state index in [-0.39, 0.29) is 11.1 Å². The summed E-state index contributed by atoms with van der Waals surface area (Å²) in [6, 6.07) is 15.3. The molecule has 1 heterocycles. The van der Waals surface area contributed by atoms with E-state index in [9.17, 15) is 23.2 Å². The van der Waals surface area contributed by atoms with Crippen LogP contribution in [0.3, 0.4) is 0 Å². The lowest BCUT2D eigenvalue weighted by atomic mass is 10.1. The molecule has 0 unspecified atom stereocenters.